The van der Waals surface area contributed by atoms with Crippen molar-refractivity contribution in [3.63, 3.8) is 0 Å². The molecule has 0 saturated carbocycles. The van der Waals surface area contributed by atoms with Gasteiger partial charge in [0.15, 0.2) is 5.43 Å². The van der Waals surface area contributed by atoms with Gasteiger partial charge in [-0.1, -0.05) is 42.8 Å². The summed E-state index contributed by atoms with van der Waals surface area (Å²) in [7, 11) is 0. The Kier molecular flexibility index (Phi) is 5.91. The van der Waals surface area contributed by atoms with Gasteiger partial charge in [0, 0.05) is 11.1 Å². The van der Waals surface area contributed by atoms with E-state index >= 15 is 0 Å². The number of rotatable bonds is 7. The minimum atomic E-state index is -0.323. The standard InChI is InChI=1S/C27H24N4O3/c1-2-3-15-34-27(33)19-11-13-22(14-12-19)31-18-21(28-29-31)17-30-24-8-5-4-7-20(24)16-23-25(30)9-6-10-26(23)32/h4-14,16,18H,2-3,15,17H2,1H3. The lowest BCUT2D eigenvalue weighted by Gasteiger charge is -2.17. The lowest BCUT2D eigenvalue weighted by atomic mass is 10.0. The highest BCUT2D eigenvalue weighted by Crippen LogP contribution is 2.26. The van der Waals surface area contributed by atoms with Crippen LogP contribution in [0.2, 0.25) is 0 Å². The van der Waals surface area contributed by atoms with Crippen molar-refractivity contribution >= 4 is 16.9 Å². The van der Waals surface area contributed by atoms with E-state index in [1.165, 1.54) is 0 Å². The molecular weight excluding hydrogens is 428 g/mol. The minimum Gasteiger partial charge on any atom is -0.462 e. The van der Waals surface area contributed by atoms with E-state index in [0.29, 0.717) is 24.3 Å². The molecule has 1 aromatic heterocycles. The lowest BCUT2D eigenvalue weighted by Crippen LogP contribution is -2.13. The van der Waals surface area contributed by atoms with Gasteiger partial charge in [-0.15, -0.1) is 5.10 Å². The van der Waals surface area contributed by atoms with E-state index in [1.54, 1.807) is 28.9 Å². The molecule has 2 heterocycles. The molecule has 0 saturated heterocycles. The predicted molar refractivity (Wildman–Crippen MR) is 130 cm³/mol. The number of esters is 1. The highest BCUT2D eigenvalue weighted by atomic mass is 16.5. The third-order valence-electron chi connectivity index (χ3n) is 5.82. The SMILES string of the molecule is CCCCOC(=O)c1ccc(-n2cc(Cn3c4cccc(=O)c-4cc4ccccc43)nn2)cc1. The highest BCUT2D eigenvalue weighted by molar-refractivity contribution is 5.89. The van der Waals surface area contributed by atoms with Crippen LogP contribution in [0.15, 0.2) is 83.8 Å². The number of para-hydroxylation sites is 1. The van der Waals surface area contributed by atoms with Gasteiger partial charge in [0.2, 0.25) is 0 Å². The van der Waals surface area contributed by atoms with Crippen molar-refractivity contribution in [1.82, 2.24) is 19.6 Å². The Labute approximate surface area is 196 Å². The fourth-order valence-corrected chi connectivity index (χ4v) is 4.03. The molecular formula is C27H24N4O3. The Morgan fingerprint density at radius 1 is 1.00 bits per heavy atom. The van der Waals surface area contributed by atoms with Crippen LogP contribution in [0.25, 0.3) is 27.8 Å². The normalized spacial score (nSPS) is 11.2. The Morgan fingerprint density at radius 3 is 2.65 bits per heavy atom. The Bertz CT molecular complexity index is 1480. The van der Waals surface area contributed by atoms with Gasteiger partial charge in [-0.3, -0.25) is 4.79 Å². The van der Waals surface area contributed by atoms with E-state index < -0.39 is 0 Å². The maximum Gasteiger partial charge on any atom is 0.338 e. The van der Waals surface area contributed by atoms with Crippen LogP contribution in [0.4, 0.5) is 0 Å². The highest BCUT2D eigenvalue weighted by Gasteiger charge is 2.15. The molecule has 0 amide bonds. The lowest BCUT2D eigenvalue weighted by molar-refractivity contribution is 0.0499. The fraction of sp³-hybridized carbons (Fsp3) is 0.185. The molecule has 1 aliphatic carbocycles. The van der Waals surface area contributed by atoms with E-state index in [0.717, 1.165) is 40.8 Å². The van der Waals surface area contributed by atoms with Gasteiger partial charge in [-0.05, 0) is 60.3 Å². The van der Waals surface area contributed by atoms with Crippen molar-refractivity contribution in [1.29, 1.82) is 0 Å². The molecule has 0 spiro atoms. The van der Waals surface area contributed by atoms with Crippen molar-refractivity contribution in [2.24, 2.45) is 0 Å². The second-order valence-electron chi connectivity index (χ2n) is 8.17. The number of carbonyl (C=O) groups excluding carboxylic acids is 1. The third kappa shape index (κ3) is 4.20. The number of ether oxygens (including phenoxy) is 1. The Morgan fingerprint density at radius 2 is 1.82 bits per heavy atom. The molecule has 2 aromatic carbocycles. The summed E-state index contributed by atoms with van der Waals surface area (Å²) in [4.78, 5) is 24.6. The van der Waals surface area contributed by atoms with Crippen LogP contribution >= 0.6 is 0 Å². The van der Waals surface area contributed by atoms with Crippen molar-refractivity contribution in [2.75, 3.05) is 6.61 Å². The number of pyridine rings is 1. The molecule has 0 fully saturated rings. The zero-order valence-electron chi connectivity index (χ0n) is 18.8. The van der Waals surface area contributed by atoms with Crippen molar-refractivity contribution in [3.8, 4) is 16.9 Å². The summed E-state index contributed by atoms with van der Waals surface area (Å²) in [6.45, 7) is 2.94. The maximum absolute atomic E-state index is 12.5. The summed E-state index contributed by atoms with van der Waals surface area (Å²) < 4.78 is 9.03. The molecule has 5 rings (SSSR count). The average Bonchev–Trinajstić information content (AvgIpc) is 3.33. The third-order valence-corrected chi connectivity index (χ3v) is 5.82. The van der Waals surface area contributed by atoms with Crippen molar-refractivity contribution < 1.29 is 9.53 Å². The molecule has 0 unspecified atom stereocenters. The van der Waals surface area contributed by atoms with Crippen LogP contribution in [-0.2, 0) is 11.3 Å². The molecule has 1 aliphatic heterocycles. The topological polar surface area (TPSA) is 79.0 Å². The van der Waals surface area contributed by atoms with E-state index in [-0.39, 0.29) is 11.4 Å². The van der Waals surface area contributed by atoms with Crippen LogP contribution in [-0.4, -0.2) is 32.1 Å². The van der Waals surface area contributed by atoms with E-state index in [4.69, 9.17) is 4.74 Å². The van der Waals surface area contributed by atoms with Crippen LogP contribution in [0, 0.1) is 0 Å². The monoisotopic (exact) mass is 452 g/mol. The first-order valence-electron chi connectivity index (χ1n) is 11.3. The minimum absolute atomic E-state index is 0.00559. The van der Waals surface area contributed by atoms with Gasteiger partial charge in [-0.2, -0.15) is 0 Å². The average molecular weight is 453 g/mol. The summed E-state index contributed by atoms with van der Waals surface area (Å²) in [5.41, 5.74) is 4.59. The second-order valence-corrected chi connectivity index (χ2v) is 8.17. The van der Waals surface area contributed by atoms with E-state index in [1.807, 2.05) is 54.7 Å². The van der Waals surface area contributed by atoms with Gasteiger partial charge >= 0.3 is 5.97 Å². The number of hydrogen-bond acceptors (Lipinski definition) is 5. The number of benzene rings is 3. The van der Waals surface area contributed by atoms with Gasteiger partial charge in [-0.25, -0.2) is 9.48 Å². The molecule has 3 aromatic rings. The van der Waals surface area contributed by atoms with Crippen LogP contribution in [0.3, 0.4) is 0 Å². The molecule has 0 radical (unpaired) electrons. The maximum atomic E-state index is 12.5. The number of carbonyl (C=O) groups is 1. The summed E-state index contributed by atoms with van der Waals surface area (Å²) >= 11 is 0. The molecule has 2 aliphatic rings. The van der Waals surface area contributed by atoms with Crippen molar-refractivity contribution in [2.45, 2.75) is 26.3 Å². The van der Waals surface area contributed by atoms with Gasteiger partial charge in [0.05, 0.1) is 36.3 Å². The summed E-state index contributed by atoms with van der Waals surface area (Å²) in [5.74, 6) is -0.323. The number of unbranched alkanes of at least 4 members (excludes halogenated alkanes) is 1. The van der Waals surface area contributed by atoms with Gasteiger partial charge < -0.3 is 9.30 Å². The summed E-state index contributed by atoms with van der Waals surface area (Å²) in [6.07, 6.45) is 3.69. The largest absolute Gasteiger partial charge is 0.462 e. The molecule has 34 heavy (non-hydrogen) atoms. The van der Waals surface area contributed by atoms with Crippen LogP contribution < -0.4 is 5.43 Å². The fourth-order valence-electron chi connectivity index (χ4n) is 4.03. The van der Waals surface area contributed by atoms with E-state index in [9.17, 15) is 9.59 Å². The number of hydrogen-bond donors (Lipinski definition) is 0. The zero-order chi connectivity index (χ0) is 23.5. The Balaban J connectivity index is 1.42. The molecule has 170 valence electrons. The Hall–Kier alpha value is -4.26. The summed E-state index contributed by atoms with van der Waals surface area (Å²) in [5, 5.41) is 9.62. The second kappa shape index (κ2) is 9.31. The first-order chi connectivity index (χ1) is 16.6. The van der Waals surface area contributed by atoms with E-state index in [2.05, 4.69) is 21.8 Å². The zero-order valence-corrected chi connectivity index (χ0v) is 18.8. The molecule has 0 bridgehead atoms. The summed E-state index contributed by atoms with van der Waals surface area (Å²) in [6, 6.07) is 22.3. The van der Waals surface area contributed by atoms with Gasteiger partial charge in [0.25, 0.3) is 0 Å². The molecule has 0 atom stereocenters. The van der Waals surface area contributed by atoms with Crippen molar-refractivity contribution in [3.05, 3.63) is 100 Å². The first kappa shape index (κ1) is 21.6. The van der Waals surface area contributed by atoms with Crippen LogP contribution in [0.5, 0.6) is 0 Å². The first-order valence-corrected chi connectivity index (χ1v) is 11.3. The molecule has 7 nitrogen and oxygen atoms in total. The smallest absolute Gasteiger partial charge is 0.338 e. The number of nitrogens with zero attached hydrogens (tertiary/aromatic N) is 4. The quantitative estimate of drug-likeness (QED) is 0.203. The molecule has 0 N–H and O–H groups in total. The molecule has 7 heteroatoms. The number of aromatic nitrogens is 4. The van der Waals surface area contributed by atoms with Gasteiger partial charge in [0.1, 0.15) is 5.69 Å². The van der Waals surface area contributed by atoms with Crippen LogP contribution in [0.1, 0.15) is 35.8 Å². The predicted octanol–water partition coefficient (Wildman–Crippen LogP) is 4.69. The number of fused-ring (bicyclic) bond motifs is 2.